The molecule has 2 aromatic heterocycles. The van der Waals surface area contributed by atoms with Crippen LogP contribution < -0.4 is 5.32 Å². The van der Waals surface area contributed by atoms with Crippen LogP contribution in [-0.4, -0.2) is 59.1 Å². The van der Waals surface area contributed by atoms with Gasteiger partial charge in [-0.1, -0.05) is 35.5 Å². The predicted molar refractivity (Wildman–Crippen MR) is 121 cm³/mol. The molecule has 0 atom stereocenters. The van der Waals surface area contributed by atoms with E-state index < -0.39 is 0 Å². The summed E-state index contributed by atoms with van der Waals surface area (Å²) in [5, 5.41) is 7.34. The first kappa shape index (κ1) is 21.3. The number of hydrogen-bond acceptors (Lipinski definition) is 6. The summed E-state index contributed by atoms with van der Waals surface area (Å²) in [5.74, 6) is 2.28. The first-order valence-corrected chi connectivity index (χ1v) is 9.39. The predicted octanol–water partition coefficient (Wildman–Crippen LogP) is 2.84. The molecule has 154 valence electrons. The molecular weight excluding hydrogens is 483 g/mol. The molecule has 1 aromatic carbocycles. The maximum Gasteiger partial charge on any atom is 0.214 e. The van der Waals surface area contributed by atoms with Gasteiger partial charge in [-0.2, -0.15) is 0 Å². The largest absolute Gasteiger partial charge is 0.439 e. The lowest BCUT2D eigenvalue weighted by molar-refractivity contribution is 0.169. The minimum Gasteiger partial charge on any atom is -0.439 e. The third kappa shape index (κ3) is 5.57. The Hall–Kier alpha value is -2.40. The van der Waals surface area contributed by atoms with Crippen LogP contribution in [0.5, 0.6) is 0 Å². The number of nitrogens with one attached hydrogen (secondary N) is 1. The van der Waals surface area contributed by atoms with Crippen molar-refractivity contribution in [2.45, 2.75) is 13.1 Å². The van der Waals surface area contributed by atoms with Crippen LogP contribution in [0.1, 0.15) is 11.6 Å². The summed E-state index contributed by atoms with van der Waals surface area (Å²) in [6, 6.07) is 11.9. The smallest absolute Gasteiger partial charge is 0.214 e. The van der Waals surface area contributed by atoms with Crippen LogP contribution in [0.15, 0.2) is 62.8 Å². The quantitative estimate of drug-likeness (QED) is 0.323. The molecule has 1 saturated heterocycles. The molecule has 1 fully saturated rings. The number of piperazine rings is 1. The molecule has 0 saturated carbocycles. The highest BCUT2D eigenvalue weighted by Gasteiger charge is 2.20. The van der Waals surface area contributed by atoms with Crippen molar-refractivity contribution in [2.75, 3.05) is 33.2 Å². The SMILES string of the molecule is CN=C(NCc1ncc(-c2ccccc2)o1)N1CCN(Cc2ccon2)CC1.I. The number of halogens is 1. The molecule has 0 unspecified atom stereocenters. The zero-order chi connectivity index (χ0) is 19.2. The molecule has 0 spiro atoms. The van der Waals surface area contributed by atoms with Crippen LogP contribution >= 0.6 is 24.0 Å². The third-order valence-electron chi connectivity index (χ3n) is 4.77. The number of hydrogen-bond donors (Lipinski definition) is 1. The molecule has 29 heavy (non-hydrogen) atoms. The summed E-state index contributed by atoms with van der Waals surface area (Å²) >= 11 is 0. The second-order valence-electron chi connectivity index (χ2n) is 6.64. The molecule has 3 aromatic rings. The second-order valence-corrected chi connectivity index (χ2v) is 6.64. The molecule has 0 radical (unpaired) electrons. The zero-order valence-corrected chi connectivity index (χ0v) is 18.7. The van der Waals surface area contributed by atoms with E-state index >= 15 is 0 Å². The molecule has 1 N–H and O–H groups in total. The lowest BCUT2D eigenvalue weighted by atomic mass is 10.2. The minimum absolute atomic E-state index is 0. The van der Waals surface area contributed by atoms with Crippen LogP contribution in [0.25, 0.3) is 11.3 Å². The Morgan fingerprint density at radius 1 is 1.14 bits per heavy atom. The third-order valence-corrected chi connectivity index (χ3v) is 4.77. The molecule has 0 bridgehead atoms. The van der Waals surface area contributed by atoms with Gasteiger partial charge in [0.2, 0.25) is 5.89 Å². The van der Waals surface area contributed by atoms with Gasteiger partial charge >= 0.3 is 0 Å². The second kappa shape index (κ2) is 10.4. The monoisotopic (exact) mass is 508 g/mol. The number of benzene rings is 1. The molecule has 9 heteroatoms. The lowest BCUT2D eigenvalue weighted by Crippen LogP contribution is -2.52. The minimum atomic E-state index is 0. The van der Waals surface area contributed by atoms with Crippen LogP contribution in [0.4, 0.5) is 0 Å². The molecule has 1 aliphatic heterocycles. The Balaban J connectivity index is 0.00000240. The Labute approximate surface area is 187 Å². The number of aromatic nitrogens is 2. The number of aliphatic imine (C=N–C) groups is 1. The summed E-state index contributed by atoms with van der Waals surface area (Å²) in [6.45, 7) is 5.01. The Kier molecular flexibility index (Phi) is 7.64. The van der Waals surface area contributed by atoms with Crippen molar-refractivity contribution in [1.29, 1.82) is 0 Å². The van der Waals surface area contributed by atoms with Crippen LogP contribution in [0.3, 0.4) is 0 Å². The topological polar surface area (TPSA) is 82.9 Å². The highest BCUT2D eigenvalue weighted by atomic mass is 127. The van der Waals surface area contributed by atoms with Gasteiger partial charge in [-0.3, -0.25) is 9.89 Å². The fourth-order valence-corrected chi connectivity index (χ4v) is 3.28. The highest BCUT2D eigenvalue weighted by molar-refractivity contribution is 14.0. The fraction of sp³-hybridized carbons (Fsp3) is 0.350. The van der Waals surface area contributed by atoms with Crippen LogP contribution in [-0.2, 0) is 13.1 Å². The van der Waals surface area contributed by atoms with Crippen molar-refractivity contribution in [3.05, 3.63) is 60.4 Å². The van der Waals surface area contributed by atoms with Crippen LogP contribution in [0.2, 0.25) is 0 Å². The molecule has 0 amide bonds. The van der Waals surface area contributed by atoms with Crippen molar-refractivity contribution >= 4 is 29.9 Å². The van der Waals surface area contributed by atoms with Gasteiger partial charge in [-0.05, 0) is 0 Å². The number of nitrogens with zero attached hydrogens (tertiary/aromatic N) is 5. The maximum absolute atomic E-state index is 5.86. The zero-order valence-electron chi connectivity index (χ0n) is 16.3. The lowest BCUT2D eigenvalue weighted by Gasteiger charge is -2.36. The average molecular weight is 508 g/mol. The van der Waals surface area contributed by atoms with Gasteiger partial charge in [0, 0.05) is 51.4 Å². The van der Waals surface area contributed by atoms with Gasteiger partial charge in [0.1, 0.15) is 6.26 Å². The van der Waals surface area contributed by atoms with E-state index in [0.29, 0.717) is 12.4 Å². The van der Waals surface area contributed by atoms with E-state index in [1.54, 1.807) is 19.5 Å². The van der Waals surface area contributed by atoms with E-state index in [-0.39, 0.29) is 24.0 Å². The van der Waals surface area contributed by atoms with Crippen molar-refractivity contribution in [3.63, 3.8) is 0 Å². The average Bonchev–Trinajstić information content (AvgIpc) is 3.42. The van der Waals surface area contributed by atoms with E-state index in [0.717, 1.165) is 55.7 Å². The first-order valence-electron chi connectivity index (χ1n) is 9.39. The fourth-order valence-electron chi connectivity index (χ4n) is 3.28. The summed E-state index contributed by atoms with van der Waals surface area (Å²) in [6.07, 6.45) is 3.38. The van der Waals surface area contributed by atoms with E-state index in [1.165, 1.54) is 0 Å². The summed E-state index contributed by atoms with van der Waals surface area (Å²) in [4.78, 5) is 13.4. The first-order chi connectivity index (χ1) is 13.8. The Morgan fingerprint density at radius 3 is 2.62 bits per heavy atom. The van der Waals surface area contributed by atoms with Gasteiger partial charge in [0.05, 0.1) is 18.4 Å². The number of rotatable bonds is 5. The van der Waals surface area contributed by atoms with E-state index in [2.05, 4.69) is 30.2 Å². The Bertz CT molecular complexity index is 889. The van der Waals surface area contributed by atoms with Gasteiger partial charge in [0.15, 0.2) is 11.7 Å². The number of oxazole rings is 1. The van der Waals surface area contributed by atoms with Crippen molar-refractivity contribution in [3.8, 4) is 11.3 Å². The number of guanidine groups is 1. The summed E-state index contributed by atoms with van der Waals surface area (Å²) in [7, 11) is 1.80. The van der Waals surface area contributed by atoms with E-state index in [1.807, 2.05) is 36.4 Å². The van der Waals surface area contributed by atoms with Gasteiger partial charge < -0.3 is 19.2 Å². The van der Waals surface area contributed by atoms with E-state index in [4.69, 9.17) is 8.94 Å². The van der Waals surface area contributed by atoms with Gasteiger partial charge in [-0.15, -0.1) is 24.0 Å². The molecule has 4 rings (SSSR count). The normalized spacial score (nSPS) is 15.2. The summed E-state index contributed by atoms with van der Waals surface area (Å²) in [5.41, 5.74) is 1.99. The van der Waals surface area contributed by atoms with Gasteiger partial charge in [-0.25, -0.2) is 4.98 Å². The highest BCUT2D eigenvalue weighted by Crippen LogP contribution is 2.19. The van der Waals surface area contributed by atoms with Crippen molar-refractivity contribution < 1.29 is 8.94 Å². The molecule has 3 heterocycles. The molecular formula is C20H25IN6O2. The molecule has 0 aliphatic carbocycles. The summed E-state index contributed by atoms with van der Waals surface area (Å²) < 4.78 is 10.8. The Morgan fingerprint density at radius 2 is 1.93 bits per heavy atom. The van der Waals surface area contributed by atoms with Gasteiger partial charge in [0.25, 0.3) is 0 Å². The molecule has 8 nitrogen and oxygen atoms in total. The standard InChI is InChI=1S/C20H24N6O2.HI/c1-21-20(26-10-8-25(9-11-26)15-17-7-12-27-24-17)23-14-19-22-13-18(28-19)16-5-3-2-4-6-16;/h2-7,12-13H,8-11,14-15H2,1H3,(H,21,23);1H. The van der Waals surface area contributed by atoms with Crippen molar-refractivity contribution in [2.24, 2.45) is 4.99 Å². The maximum atomic E-state index is 5.86. The van der Waals surface area contributed by atoms with Crippen molar-refractivity contribution in [1.82, 2.24) is 25.3 Å². The van der Waals surface area contributed by atoms with E-state index in [9.17, 15) is 0 Å². The van der Waals surface area contributed by atoms with Crippen LogP contribution in [0, 0.1) is 0 Å². The molecule has 1 aliphatic rings.